The Hall–Kier alpha value is -2.69. The molecule has 2 aliphatic rings. The normalized spacial score (nSPS) is 18.7. The first-order chi connectivity index (χ1) is 13.4. The van der Waals surface area contributed by atoms with E-state index >= 15 is 0 Å². The van der Waals surface area contributed by atoms with Gasteiger partial charge in [0, 0.05) is 11.4 Å². The van der Waals surface area contributed by atoms with Crippen molar-refractivity contribution in [2.45, 2.75) is 56.6 Å². The maximum Gasteiger partial charge on any atom is 0.344 e. The average Bonchev–Trinajstić information content (AvgIpc) is 3.16. The third kappa shape index (κ3) is 3.30. The Balaban J connectivity index is 1.39. The first-order valence-electron chi connectivity index (χ1n) is 9.18. The second-order valence-electron chi connectivity index (χ2n) is 7.18. The smallest absolute Gasteiger partial charge is 0.322 e. The molecule has 1 saturated carbocycles. The number of rotatable bonds is 4. The summed E-state index contributed by atoms with van der Waals surface area (Å²) in [5, 5.41) is 8.28. The summed E-state index contributed by atoms with van der Waals surface area (Å²) in [5.74, 6) is -0.412. The van der Waals surface area contributed by atoms with Crippen LogP contribution in [0, 0.1) is 13.8 Å². The number of urea groups is 1. The molecule has 11 heteroatoms. The molecule has 28 heavy (non-hydrogen) atoms. The lowest BCUT2D eigenvalue weighted by molar-refractivity contribution is -0.139. The summed E-state index contributed by atoms with van der Waals surface area (Å²) in [7, 11) is 0. The Bertz CT molecular complexity index is 967. The monoisotopic (exact) mass is 403 g/mol. The van der Waals surface area contributed by atoms with Crippen molar-refractivity contribution in [3.63, 3.8) is 0 Å². The van der Waals surface area contributed by atoms with E-state index in [1.165, 1.54) is 0 Å². The number of carbonyl (C=O) groups excluding carboxylic acids is 3. The molecule has 0 unspecified atom stereocenters. The van der Waals surface area contributed by atoms with E-state index < -0.39 is 17.5 Å². The maximum absolute atomic E-state index is 12.7. The van der Waals surface area contributed by atoms with Gasteiger partial charge in [0.2, 0.25) is 11.1 Å². The van der Waals surface area contributed by atoms with E-state index in [2.05, 4.69) is 25.8 Å². The minimum absolute atomic E-state index is 0.0288. The fourth-order valence-corrected chi connectivity index (χ4v) is 4.32. The number of aryl methyl sites for hydroxylation is 2. The van der Waals surface area contributed by atoms with Gasteiger partial charge in [-0.05, 0) is 32.8 Å². The van der Waals surface area contributed by atoms with Crippen molar-refractivity contribution in [3.8, 4) is 0 Å². The van der Waals surface area contributed by atoms with Gasteiger partial charge in [0.1, 0.15) is 5.54 Å². The lowest BCUT2D eigenvalue weighted by Crippen LogP contribution is -2.51. The van der Waals surface area contributed by atoms with E-state index in [0.29, 0.717) is 23.8 Å². The van der Waals surface area contributed by atoms with Crippen molar-refractivity contribution in [3.05, 3.63) is 17.5 Å². The largest absolute Gasteiger partial charge is 0.344 e. The summed E-state index contributed by atoms with van der Waals surface area (Å²) in [5.41, 5.74) is 3.27. The lowest BCUT2D eigenvalue weighted by Gasteiger charge is -2.30. The molecule has 2 aromatic rings. The molecule has 1 aliphatic carbocycles. The molecule has 0 bridgehead atoms. The first-order valence-corrected chi connectivity index (χ1v) is 10.2. The van der Waals surface area contributed by atoms with Crippen LogP contribution in [0.4, 0.5) is 4.79 Å². The molecular formula is C17H21N7O3S. The van der Waals surface area contributed by atoms with Gasteiger partial charge in [-0.25, -0.2) is 14.3 Å². The standard InChI is InChI=1S/C17H21N7O3S/c1-10-8-11(2)23-14(18-10)19-15(22-23)28-9-12(25)21-24-13(26)17(20-16(24)27)6-4-3-5-7-17/h8H,3-7,9H2,1-2H3,(H,20,27)(H,21,25). The van der Waals surface area contributed by atoms with Crippen LogP contribution in [-0.4, -0.2) is 53.7 Å². The molecule has 0 aromatic carbocycles. The van der Waals surface area contributed by atoms with Gasteiger partial charge in [0.15, 0.2) is 0 Å². The minimum Gasteiger partial charge on any atom is -0.322 e. The number of aromatic nitrogens is 4. The Morgan fingerprint density at radius 3 is 2.75 bits per heavy atom. The van der Waals surface area contributed by atoms with Crippen molar-refractivity contribution >= 4 is 35.4 Å². The molecule has 4 rings (SSSR count). The summed E-state index contributed by atoms with van der Waals surface area (Å²) in [6.07, 6.45) is 4.03. The number of nitrogens with one attached hydrogen (secondary N) is 2. The van der Waals surface area contributed by atoms with Gasteiger partial charge >= 0.3 is 6.03 Å². The zero-order chi connectivity index (χ0) is 19.9. The molecular weight excluding hydrogens is 382 g/mol. The van der Waals surface area contributed by atoms with Crippen LogP contribution in [0.2, 0.25) is 0 Å². The molecule has 3 heterocycles. The van der Waals surface area contributed by atoms with Gasteiger partial charge in [-0.2, -0.15) is 9.99 Å². The van der Waals surface area contributed by atoms with Gasteiger partial charge in [0.05, 0.1) is 5.75 Å². The van der Waals surface area contributed by atoms with E-state index in [1.54, 1.807) is 4.52 Å². The zero-order valence-corrected chi connectivity index (χ0v) is 16.5. The molecule has 2 fully saturated rings. The van der Waals surface area contributed by atoms with E-state index in [-0.39, 0.29) is 11.7 Å². The van der Waals surface area contributed by atoms with Crippen molar-refractivity contribution in [1.82, 2.24) is 35.3 Å². The van der Waals surface area contributed by atoms with E-state index in [1.807, 2.05) is 19.9 Å². The number of hydrazine groups is 1. The molecule has 148 valence electrons. The van der Waals surface area contributed by atoms with Crippen molar-refractivity contribution in [2.75, 3.05) is 5.75 Å². The minimum atomic E-state index is -0.861. The second kappa shape index (κ2) is 7.04. The van der Waals surface area contributed by atoms with Crippen LogP contribution < -0.4 is 10.7 Å². The summed E-state index contributed by atoms with van der Waals surface area (Å²) < 4.78 is 1.61. The highest BCUT2D eigenvalue weighted by molar-refractivity contribution is 7.99. The number of fused-ring (bicyclic) bond motifs is 1. The molecule has 0 radical (unpaired) electrons. The average molecular weight is 403 g/mol. The maximum atomic E-state index is 12.7. The van der Waals surface area contributed by atoms with E-state index in [9.17, 15) is 14.4 Å². The fourth-order valence-electron chi connectivity index (χ4n) is 3.71. The summed E-state index contributed by atoms with van der Waals surface area (Å²) >= 11 is 1.12. The van der Waals surface area contributed by atoms with Crippen LogP contribution in [0.5, 0.6) is 0 Å². The summed E-state index contributed by atoms with van der Waals surface area (Å²) in [6.45, 7) is 3.77. The number of nitrogens with zero attached hydrogens (tertiary/aromatic N) is 5. The van der Waals surface area contributed by atoms with Crippen LogP contribution in [0.1, 0.15) is 43.5 Å². The number of hydrogen-bond donors (Lipinski definition) is 2. The van der Waals surface area contributed by atoms with Crippen LogP contribution in [0.25, 0.3) is 5.78 Å². The molecule has 1 aliphatic heterocycles. The first kappa shape index (κ1) is 18.7. The number of imide groups is 1. The lowest BCUT2D eigenvalue weighted by atomic mass is 9.82. The molecule has 4 amide bonds. The molecule has 0 atom stereocenters. The highest BCUT2D eigenvalue weighted by atomic mass is 32.2. The van der Waals surface area contributed by atoms with Gasteiger partial charge in [-0.3, -0.25) is 15.0 Å². The molecule has 2 aromatic heterocycles. The van der Waals surface area contributed by atoms with Crippen LogP contribution in [-0.2, 0) is 9.59 Å². The van der Waals surface area contributed by atoms with E-state index in [0.717, 1.165) is 47.4 Å². The molecule has 10 nitrogen and oxygen atoms in total. The fraction of sp³-hybridized carbons (Fsp3) is 0.529. The molecule has 1 spiro atoms. The molecule has 1 saturated heterocycles. The van der Waals surface area contributed by atoms with Crippen LogP contribution in [0.3, 0.4) is 0 Å². The Labute approximate surface area is 165 Å². The van der Waals surface area contributed by atoms with Gasteiger partial charge < -0.3 is 5.32 Å². The topological polar surface area (TPSA) is 122 Å². The molecule has 2 N–H and O–H groups in total. The van der Waals surface area contributed by atoms with Gasteiger partial charge in [-0.15, -0.1) is 5.10 Å². The highest BCUT2D eigenvalue weighted by Crippen LogP contribution is 2.33. The number of carbonyl (C=O) groups is 3. The Kier molecular flexibility index (Phi) is 4.69. The third-order valence-electron chi connectivity index (χ3n) is 5.04. The van der Waals surface area contributed by atoms with Crippen LogP contribution in [0.15, 0.2) is 11.2 Å². The predicted octanol–water partition coefficient (Wildman–Crippen LogP) is 1.12. The van der Waals surface area contributed by atoms with Gasteiger partial charge in [0.25, 0.3) is 11.7 Å². The van der Waals surface area contributed by atoms with Crippen molar-refractivity contribution in [2.24, 2.45) is 0 Å². The number of hydrogen-bond acceptors (Lipinski definition) is 7. The number of thioether (sulfide) groups is 1. The highest BCUT2D eigenvalue weighted by Gasteiger charge is 2.52. The van der Waals surface area contributed by atoms with E-state index in [4.69, 9.17) is 0 Å². The number of amides is 4. The summed E-state index contributed by atoms with van der Waals surface area (Å²) in [4.78, 5) is 45.8. The van der Waals surface area contributed by atoms with Gasteiger partial charge in [-0.1, -0.05) is 31.0 Å². The van der Waals surface area contributed by atoms with Crippen molar-refractivity contribution in [1.29, 1.82) is 0 Å². The SMILES string of the molecule is Cc1cc(C)n2nc(SCC(=O)NN3C(=O)NC4(CCCCC4)C3=O)nc2n1. The summed E-state index contributed by atoms with van der Waals surface area (Å²) in [6, 6.07) is 1.31. The third-order valence-corrected chi connectivity index (χ3v) is 5.87. The zero-order valence-electron chi connectivity index (χ0n) is 15.7. The second-order valence-corrected chi connectivity index (χ2v) is 8.12. The van der Waals surface area contributed by atoms with Crippen molar-refractivity contribution < 1.29 is 14.4 Å². The Morgan fingerprint density at radius 2 is 2.00 bits per heavy atom. The predicted molar refractivity (Wildman–Crippen MR) is 100 cm³/mol. The Morgan fingerprint density at radius 1 is 1.25 bits per heavy atom. The van der Waals surface area contributed by atoms with Crippen LogP contribution >= 0.6 is 11.8 Å². The quantitative estimate of drug-likeness (QED) is 0.579.